The first-order chi connectivity index (χ1) is 13.0. The Morgan fingerprint density at radius 2 is 1.86 bits per heavy atom. The molecule has 1 aliphatic carbocycles. The van der Waals surface area contributed by atoms with Crippen LogP contribution in [-0.4, -0.2) is 84.8 Å². The minimum absolute atomic E-state index is 0. The zero-order valence-electron chi connectivity index (χ0n) is 17.4. The number of hydrogen-bond acceptors (Lipinski definition) is 5. The Hall–Kier alpha value is -0.890. The number of likely N-dealkylation sites (N-methyl/N-ethyl adjacent to an activating group) is 1. The van der Waals surface area contributed by atoms with Crippen LogP contribution in [0.15, 0.2) is 0 Å². The molecule has 2 aliphatic rings. The van der Waals surface area contributed by atoms with Crippen molar-refractivity contribution in [2.45, 2.75) is 64.5 Å². The topological polar surface area (TPSA) is 82.1 Å². The van der Waals surface area contributed by atoms with E-state index in [9.17, 15) is 9.59 Å². The number of carboxylic acid groups (broad SMARTS) is 1. The second kappa shape index (κ2) is 13.4. The first-order valence-corrected chi connectivity index (χ1v) is 10.6. The van der Waals surface area contributed by atoms with Crippen molar-refractivity contribution in [1.82, 2.24) is 15.1 Å². The highest BCUT2D eigenvalue weighted by Crippen LogP contribution is 2.26. The maximum atomic E-state index is 12.1. The number of nitrogens with zero attached hydrogens (tertiary/aromatic N) is 2. The van der Waals surface area contributed by atoms with Crippen LogP contribution in [0, 0.1) is 5.92 Å². The number of amides is 1. The average Bonchev–Trinajstić information content (AvgIpc) is 2.65. The van der Waals surface area contributed by atoms with E-state index in [2.05, 4.69) is 17.1 Å². The van der Waals surface area contributed by atoms with Gasteiger partial charge >= 0.3 is 5.97 Å². The molecule has 1 aliphatic heterocycles. The molecule has 0 bridgehead atoms. The fourth-order valence-corrected chi connectivity index (χ4v) is 4.31. The van der Waals surface area contributed by atoms with Crippen molar-refractivity contribution >= 4 is 24.3 Å². The number of piperidine rings is 1. The monoisotopic (exact) mass is 419 g/mol. The second-order valence-electron chi connectivity index (χ2n) is 7.99. The summed E-state index contributed by atoms with van der Waals surface area (Å²) in [6.45, 7) is 8.34. The molecule has 0 radical (unpaired) electrons. The van der Waals surface area contributed by atoms with Crippen LogP contribution in [0.25, 0.3) is 0 Å². The van der Waals surface area contributed by atoms with E-state index < -0.39 is 5.97 Å². The maximum absolute atomic E-state index is 12.1. The Kier molecular flexibility index (Phi) is 12.0. The molecular weight excluding hydrogens is 382 g/mol. The van der Waals surface area contributed by atoms with E-state index in [1.54, 1.807) is 0 Å². The minimum atomic E-state index is -0.775. The van der Waals surface area contributed by atoms with E-state index in [1.807, 2.05) is 11.8 Å². The standard InChI is InChI=1S/C20H37N3O4.ClH/c1-3-23(15-20(25)26)17-8-11-22(12-9-17)14-19(24)21-10-13-27-18-7-5-4-6-16(18)2;/h16-18H,3-15H2,1-2H3,(H,21,24)(H,25,26);1H. The molecule has 2 fully saturated rings. The van der Waals surface area contributed by atoms with Crippen molar-refractivity contribution in [3.63, 3.8) is 0 Å². The number of carbonyl (C=O) groups is 2. The van der Waals surface area contributed by atoms with Crippen LogP contribution < -0.4 is 5.32 Å². The zero-order chi connectivity index (χ0) is 19.6. The molecule has 164 valence electrons. The third kappa shape index (κ3) is 8.64. The van der Waals surface area contributed by atoms with Crippen LogP contribution in [0.5, 0.6) is 0 Å². The number of carbonyl (C=O) groups excluding carboxylic acids is 1. The first kappa shape index (κ1) is 25.1. The summed E-state index contributed by atoms with van der Waals surface area (Å²) in [7, 11) is 0. The molecule has 28 heavy (non-hydrogen) atoms. The van der Waals surface area contributed by atoms with Gasteiger partial charge in [-0.3, -0.25) is 19.4 Å². The van der Waals surface area contributed by atoms with Gasteiger partial charge < -0.3 is 15.2 Å². The summed E-state index contributed by atoms with van der Waals surface area (Å²) in [5.41, 5.74) is 0. The van der Waals surface area contributed by atoms with Crippen LogP contribution in [-0.2, 0) is 14.3 Å². The Balaban J connectivity index is 0.00000392. The van der Waals surface area contributed by atoms with Crippen LogP contribution in [0.1, 0.15) is 52.4 Å². The van der Waals surface area contributed by atoms with Gasteiger partial charge in [-0.05, 0) is 38.1 Å². The number of likely N-dealkylation sites (tertiary alicyclic amines) is 1. The predicted molar refractivity (Wildman–Crippen MR) is 112 cm³/mol. The van der Waals surface area contributed by atoms with Gasteiger partial charge in [0, 0.05) is 25.7 Å². The van der Waals surface area contributed by atoms with E-state index >= 15 is 0 Å². The minimum Gasteiger partial charge on any atom is -0.480 e. The molecule has 2 unspecified atom stereocenters. The van der Waals surface area contributed by atoms with E-state index in [4.69, 9.17) is 9.84 Å². The Morgan fingerprint density at radius 1 is 1.18 bits per heavy atom. The molecule has 0 spiro atoms. The Labute approximate surface area is 175 Å². The van der Waals surface area contributed by atoms with Gasteiger partial charge in [-0.25, -0.2) is 0 Å². The normalized spacial score (nSPS) is 24.0. The third-order valence-electron chi connectivity index (χ3n) is 5.97. The number of carboxylic acids is 1. The molecule has 1 saturated carbocycles. The smallest absolute Gasteiger partial charge is 0.317 e. The zero-order valence-corrected chi connectivity index (χ0v) is 18.2. The lowest BCUT2D eigenvalue weighted by Crippen LogP contribution is -2.48. The molecule has 2 rings (SSSR count). The van der Waals surface area contributed by atoms with Crippen molar-refractivity contribution in [3.8, 4) is 0 Å². The number of hydrogen-bond donors (Lipinski definition) is 2. The molecule has 8 heteroatoms. The molecule has 1 amide bonds. The molecule has 0 aromatic rings. The van der Waals surface area contributed by atoms with Crippen LogP contribution >= 0.6 is 12.4 Å². The van der Waals surface area contributed by atoms with E-state index in [1.165, 1.54) is 19.3 Å². The molecule has 0 aromatic heterocycles. The van der Waals surface area contributed by atoms with Crippen LogP contribution in [0.4, 0.5) is 0 Å². The van der Waals surface area contributed by atoms with Gasteiger partial charge in [-0.1, -0.05) is 26.7 Å². The summed E-state index contributed by atoms with van der Waals surface area (Å²) in [6, 6.07) is 0.302. The highest BCUT2D eigenvalue weighted by molar-refractivity contribution is 5.85. The van der Waals surface area contributed by atoms with Crippen molar-refractivity contribution in [1.29, 1.82) is 0 Å². The van der Waals surface area contributed by atoms with Gasteiger partial charge in [0.25, 0.3) is 0 Å². The highest BCUT2D eigenvalue weighted by Gasteiger charge is 2.26. The molecule has 0 aromatic carbocycles. The summed E-state index contributed by atoms with van der Waals surface area (Å²) in [4.78, 5) is 27.3. The highest BCUT2D eigenvalue weighted by atomic mass is 35.5. The average molecular weight is 420 g/mol. The lowest BCUT2D eigenvalue weighted by molar-refractivity contribution is -0.139. The van der Waals surface area contributed by atoms with Crippen molar-refractivity contribution < 1.29 is 19.4 Å². The molecule has 1 saturated heterocycles. The molecule has 2 atom stereocenters. The lowest BCUT2D eigenvalue weighted by Gasteiger charge is -2.37. The Morgan fingerprint density at radius 3 is 2.46 bits per heavy atom. The summed E-state index contributed by atoms with van der Waals surface area (Å²) in [5.74, 6) is -0.102. The maximum Gasteiger partial charge on any atom is 0.317 e. The summed E-state index contributed by atoms with van der Waals surface area (Å²) in [5, 5.41) is 12.0. The first-order valence-electron chi connectivity index (χ1n) is 10.6. The second-order valence-corrected chi connectivity index (χ2v) is 7.99. The van der Waals surface area contributed by atoms with Gasteiger partial charge in [0.2, 0.25) is 5.91 Å². The molecular formula is C20H38ClN3O4. The largest absolute Gasteiger partial charge is 0.480 e. The summed E-state index contributed by atoms with van der Waals surface area (Å²) < 4.78 is 5.94. The molecule has 1 heterocycles. The van der Waals surface area contributed by atoms with Crippen molar-refractivity contribution in [3.05, 3.63) is 0 Å². The SMILES string of the molecule is CCN(CC(=O)O)C1CCN(CC(=O)NCCOC2CCCCC2C)CC1.Cl. The number of aliphatic carboxylic acids is 1. The molecule has 2 N–H and O–H groups in total. The fourth-order valence-electron chi connectivity index (χ4n) is 4.31. The van der Waals surface area contributed by atoms with Gasteiger partial charge in [-0.15, -0.1) is 12.4 Å². The van der Waals surface area contributed by atoms with E-state index in [0.29, 0.717) is 37.8 Å². The van der Waals surface area contributed by atoms with Crippen molar-refractivity contribution in [2.75, 3.05) is 45.9 Å². The van der Waals surface area contributed by atoms with Crippen LogP contribution in [0.2, 0.25) is 0 Å². The van der Waals surface area contributed by atoms with Gasteiger partial charge in [-0.2, -0.15) is 0 Å². The lowest BCUT2D eigenvalue weighted by atomic mass is 9.88. The third-order valence-corrected chi connectivity index (χ3v) is 5.97. The van der Waals surface area contributed by atoms with Gasteiger partial charge in [0.05, 0.1) is 25.8 Å². The quantitative estimate of drug-likeness (QED) is 0.527. The van der Waals surface area contributed by atoms with Crippen LogP contribution in [0.3, 0.4) is 0 Å². The van der Waals surface area contributed by atoms with Gasteiger partial charge in [0.1, 0.15) is 0 Å². The fraction of sp³-hybridized carbons (Fsp3) is 0.900. The van der Waals surface area contributed by atoms with E-state index in [-0.39, 0.29) is 24.9 Å². The number of halogens is 1. The Bertz CT molecular complexity index is 472. The van der Waals surface area contributed by atoms with Crippen molar-refractivity contribution in [2.24, 2.45) is 5.92 Å². The summed E-state index contributed by atoms with van der Waals surface area (Å²) >= 11 is 0. The van der Waals surface area contributed by atoms with Gasteiger partial charge in [0.15, 0.2) is 0 Å². The molecule has 7 nitrogen and oxygen atoms in total. The number of rotatable bonds is 10. The predicted octanol–water partition coefficient (Wildman–Crippen LogP) is 1.99. The van der Waals surface area contributed by atoms with E-state index in [0.717, 1.165) is 38.9 Å². The number of ether oxygens (including phenoxy) is 1. The summed E-state index contributed by atoms with van der Waals surface area (Å²) in [6.07, 6.45) is 7.12. The number of nitrogens with one attached hydrogen (secondary N) is 1.